The SMILES string of the molecule is OC1CCN(c2nnc(Cn3nccn3)n2-c2ccc(Cl)cc2)CC1. The van der Waals surface area contributed by atoms with Crippen molar-refractivity contribution in [3.8, 4) is 5.69 Å². The predicted octanol–water partition coefficient (Wildman–Crippen LogP) is 1.52. The van der Waals surface area contributed by atoms with E-state index in [0.717, 1.165) is 43.4 Å². The van der Waals surface area contributed by atoms with E-state index >= 15 is 0 Å². The normalized spacial score (nSPS) is 15.7. The summed E-state index contributed by atoms with van der Waals surface area (Å²) in [6, 6.07) is 7.56. The van der Waals surface area contributed by atoms with Crippen molar-refractivity contribution < 1.29 is 5.11 Å². The maximum atomic E-state index is 9.76. The van der Waals surface area contributed by atoms with Crippen LogP contribution < -0.4 is 4.90 Å². The first-order chi connectivity index (χ1) is 12.2. The number of rotatable bonds is 4. The van der Waals surface area contributed by atoms with Gasteiger partial charge >= 0.3 is 0 Å². The van der Waals surface area contributed by atoms with E-state index in [1.165, 1.54) is 0 Å². The Morgan fingerprint density at radius 1 is 1.04 bits per heavy atom. The van der Waals surface area contributed by atoms with Crippen molar-refractivity contribution in [2.24, 2.45) is 0 Å². The first kappa shape index (κ1) is 16.0. The Bertz CT molecular complexity index is 823. The summed E-state index contributed by atoms with van der Waals surface area (Å²) in [7, 11) is 0. The average molecular weight is 360 g/mol. The highest BCUT2D eigenvalue weighted by atomic mass is 35.5. The summed E-state index contributed by atoms with van der Waals surface area (Å²) in [6.07, 6.45) is 4.48. The number of halogens is 1. The van der Waals surface area contributed by atoms with Crippen LogP contribution in [-0.2, 0) is 6.54 Å². The minimum absolute atomic E-state index is 0.240. The molecule has 3 aromatic rings. The molecule has 0 unspecified atom stereocenters. The van der Waals surface area contributed by atoms with Crippen LogP contribution in [0.5, 0.6) is 0 Å². The molecule has 0 bridgehead atoms. The van der Waals surface area contributed by atoms with Crippen LogP contribution in [0.25, 0.3) is 5.69 Å². The summed E-state index contributed by atoms with van der Waals surface area (Å²) >= 11 is 6.03. The third-order valence-electron chi connectivity index (χ3n) is 4.29. The fourth-order valence-corrected chi connectivity index (χ4v) is 3.11. The van der Waals surface area contributed by atoms with Crippen molar-refractivity contribution in [3.05, 3.63) is 47.5 Å². The zero-order valence-electron chi connectivity index (χ0n) is 13.5. The first-order valence-electron chi connectivity index (χ1n) is 8.18. The monoisotopic (exact) mass is 359 g/mol. The van der Waals surface area contributed by atoms with Crippen LogP contribution in [0.1, 0.15) is 18.7 Å². The van der Waals surface area contributed by atoms with E-state index in [4.69, 9.17) is 11.6 Å². The van der Waals surface area contributed by atoms with Gasteiger partial charge in [0, 0.05) is 18.1 Å². The van der Waals surface area contributed by atoms with Gasteiger partial charge in [-0.2, -0.15) is 15.0 Å². The van der Waals surface area contributed by atoms with Crippen LogP contribution in [0.4, 0.5) is 5.95 Å². The number of benzene rings is 1. The van der Waals surface area contributed by atoms with Gasteiger partial charge in [0.2, 0.25) is 5.95 Å². The lowest BCUT2D eigenvalue weighted by atomic mass is 10.1. The van der Waals surface area contributed by atoms with E-state index in [9.17, 15) is 5.11 Å². The maximum Gasteiger partial charge on any atom is 0.231 e. The zero-order chi connectivity index (χ0) is 17.2. The van der Waals surface area contributed by atoms with E-state index in [-0.39, 0.29) is 6.10 Å². The Labute approximate surface area is 149 Å². The summed E-state index contributed by atoms with van der Waals surface area (Å²) in [4.78, 5) is 3.72. The predicted molar refractivity (Wildman–Crippen MR) is 92.9 cm³/mol. The van der Waals surface area contributed by atoms with Gasteiger partial charge < -0.3 is 10.0 Å². The van der Waals surface area contributed by atoms with Crippen molar-refractivity contribution in [3.63, 3.8) is 0 Å². The number of aliphatic hydroxyl groups is 1. The zero-order valence-corrected chi connectivity index (χ0v) is 14.3. The number of nitrogens with zero attached hydrogens (tertiary/aromatic N) is 7. The van der Waals surface area contributed by atoms with Crippen molar-refractivity contribution in [1.29, 1.82) is 0 Å². The number of piperidine rings is 1. The Balaban J connectivity index is 1.73. The number of aromatic nitrogens is 6. The van der Waals surface area contributed by atoms with Gasteiger partial charge in [0.25, 0.3) is 0 Å². The summed E-state index contributed by atoms with van der Waals surface area (Å²) in [6.45, 7) is 1.90. The average Bonchev–Trinajstić information content (AvgIpc) is 3.27. The molecule has 0 spiro atoms. The van der Waals surface area contributed by atoms with E-state index in [2.05, 4.69) is 25.3 Å². The molecule has 1 saturated heterocycles. The van der Waals surface area contributed by atoms with Gasteiger partial charge in [0.1, 0.15) is 6.54 Å². The summed E-state index contributed by atoms with van der Waals surface area (Å²) in [5, 5.41) is 27.5. The van der Waals surface area contributed by atoms with Gasteiger partial charge in [-0.1, -0.05) is 11.6 Å². The second kappa shape index (κ2) is 6.81. The molecule has 8 nitrogen and oxygen atoms in total. The van der Waals surface area contributed by atoms with Gasteiger partial charge in [-0.05, 0) is 37.1 Å². The molecule has 0 aliphatic carbocycles. The van der Waals surface area contributed by atoms with Gasteiger partial charge in [0.15, 0.2) is 5.82 Å². The molecule has 0 saturated carbocycles. The number of hydrogen-bond acceptors (Lipinski definition) is 6. The molecule has 2 aromatic heterocycles. The van der Waals surface area contributed by atoms with Crippen LogP contribution in [0, 0.1) is 0 Å². The van der Waals surface area contributed by atoms with Gasteiger partial charge in [-0.3, -0.25) is 4.57 Å². The first-order valence-corrected chi connectivity index (χ1v) is 8.56. The van der Waals surface area contributed by atoms with Crippen LogP contribution in [0.3, 0.4) is 0 Å². The molecule has 4 rings (SSSR count). The van der Waals surface area contributed by atoms with Crippen LogP contribution in [-0.4, -0.2) is 54.1 Å². The van der Waals surface area contributed by atoms with E-state index < -0.39 is 0 Å². The Hall–Kier alpha value is -2.45. The summed E-state index contributed by atoms with van der Waals surface area (Å²) < 4.78 is 2.00. The molecular weight excluding hydrogens is 342 g/mol. The van der Waals surface area contributed by atoms with Crippen LogP contribution in [0.2, 0.25) is 5.02 Å². The molecule has 0 atom stereocenters. The summed E-state index contributed by atoms with van der Waals surface area (Å²) in [5.41, 5.74) is 0.928. The maximum absolute atomic E-state index is 9.76. The quantitative estimate of drug-likeness (QED) is 0.760. The van der Waals surface area contributed by atoms with Gasteiger partial charge in [-0.15, -0.1) is 10.2 Å². The molecule has 1 aliphatic heterocycles. The third-order valence-corrected chi connectivity index (χ3v) is 4.55. The minimum atomic E-state index is -0.240. The number of anilines is 1. The van der Waals surface area contributed by atoms with Crippen molar-refractivity contribution in [1.82, 2.24) is 29.8 Å². The lowest BCUT2D eigenvalue weighted by Gasteiger charge is -2.30. The molecule has 1 aromatic carbocycles. The highest BCUT2D eigenvalue weighted by Crippen LogP contribution is 2.24. The van der Waals surface area contributed by atoms with E-state index in [1.54, 1.807) is 17.2 Å². The molecule has 130 valence electrons. The molecule has 1 fully saturated rings. The molecule has 3 heterocycles. The molecular formula is C16H18ClN7O. The smallest absolute Gasteiger partial charge is 0.231 e. The Morgan fingerprint density at radius 2 is 1.72 bits per heavy atom. The number of aliphatic hydroxyl groups excluding tert-OH is 1. The van der Waals surface area contributed by atoms with Crippen LogP contribution in [0.15, 0.2) is 36.7 Å². The summed E-state index contributed by atoms with van der Waals surface area (Å²) in [5.74, 6) is 1.50. The number of hydrogen-bond donors (Lipinski definition) is 1. The topological polar surface area (TPSA) is 84.9 Å². The van der Waals surface area contributed by atoms with Crippen LogP contribution >= 0.6 is 11.6 Å². The Kier molecular flexibility index (Phi) is 4.37. The standard InChI is InChI=1S/C16H18ClN7O/c17-12-1-3-13(4-2-12)24-15(11-23-18-7-8-19-23)20-21-16(24)22-9-5-14(25)6-10-22/h1-4,7-8,14,25H,5-6,9-11H2. The molecule has 9 heteroatoms. The van der Waals surface area contributed by atoms with E-state index in [0.29, 0.717) is 11.6 Å². The van der Waals surface area contributed by atoms with Crippen molar-refractivity contribution in [2.75, 3.05) is 18.0 Å². The fourth-order valence-electron chi connectivity index (χ4n) is 2.99. The highest BCUT2D eigenvalue weighted by molar-refractivity contribution is 6.30. The second-order valence-electron chi connectivity index (χ2n) is 6.01. The van der Waals surface area contributed by atoms with Gasteiger partial charge in [0.05, 0.1) is 24.2 Å². The molecule has 25 heavy (non-hydrogen) atoms. The molecule has 0 amide bonds. The Morgan fingerprint density at radius 3 is 2.40 bits per heavy atom. The van der Waals surface area contributed by atoms with E-state index in [1.807, 2.05) is 28.8 Å². The lowest BCUT2D eigenvalue weighted by Crippen LogP contribution is -2.37. The minimum Gasteiger partial charge on any atom is -0.393 e. The van der Waals surface area contributed by atoms with Gasteiger partial charge in [-0.25, -0.2) is 0 Å². The molecule has 0 radical (unpaired) electrons. The third kappa shape index (κ3) is 3.35. The fraction of sp³-hybridized carbons (Fsp3) is 0.375. The molecule has 1 aliphatic rings. The second-order valence-corrected chi connectivity index (χ2v) is 6.44. The largest absolute Gasteiger partial charge is 0.393 e. The highest BCUT2D eigenvalue weighted by Gasteiger charge is 2.24. The van der Waals surface area contributed by atoms with Crippen molar-refractivity contribution >= 4 is 17.5 Å². The molecule has 1 N–H and O–H groups in total. The van der Waals surface area contributed by atoms with Crippen molar-refractivity contribution in [2.45, 2.75) is 25.5 Å². The lowest BCUT2D eigenvalue weighted by molar-refractivity contribution is 0.145.